The van der Waals surface area contributed by atoms with Crippen LogP contribution in [0.25, 0.3) is 0 Å². The fourth-order valence-corrected chi connectivity index (χ4v) is 3.03. The summed E-state index contributed by atoms with van der Waals surface area (Å²) in [5.41, 5.74) is 3.48. The largest absolute Gasteiger partial charge is 0.322 e. The molecule has 116 valence electrons. The van der Waals surface area contributed by atoms with Crippen molar-refractivity contribution in [3.8, 4) is 0 Å². The molecule has 0 aromatic heterocycles. The summed E-state index contributed by atoms with van der Waals surface area (Å²) in [6.45, 7) is 0.751. The van der Waals surface area contributed by atoms with E-state index in [-0.39, 0.29) is 17.7 Å². The van der Waals surface area contributed by atoms with Crippen molar-refractivity contribution in [1.29, 1.82) is 0 Å². The summed E-state index contributed by atoms with van der Waals surface area (Å²) in [7, 11) is 0. The van der Waals surface area contributed by atoms with Gasteiger partial charge in [0.15, 0.2) is 0 Å². The van der Waals surface area contributed by atoms with Crippen molar-refractivity contribution in [2.45, 2.75) is 19.3 Å². The fraction of sp³-hybridized carbons (Fsp3) is 0.263. The molecule has 4 rings (SSSR count). The Bertz CT molecular complexity index is 766. The number of carbonyl (C=O) groups excluding carboxylic acids is 2. The first-order valence-corrected chi connectivity index (χ1v) is 8.03. The van der Waals surface area contributed by atoms with Crippen molar-refractivity contribution in [3.63, 3.8) is 0 Å². The summed E-state index contributed by atoms with van der Waals surface area (Å²) < 4.78 is 0. The molecular weight excluding hydrogens is 288 g/mol. The molecule has 1 saturated carbocycles. The Kier molecular flexibility index (Phi) is 3.37. The molecule has 4 heteroatoms. The van der Waals surface area contributed by atoms with Crippen LogP contribution in [0.15, 0.2) is 48.5 Å². The zero-order chi connectivity index (χ0) is 15.8. The van der Waals surface area contributed by atoms with Crippen molar-refractivity contribution in [2.75, 3.05) is 16.8 Å². The highest BCUT2D eigenvalue weighted by Crippen LogP contribution is 2.37. The van der Waals surface area contributed by atoms with E-state index in [2.05, 4.69) is 5.32 Å². The molecule has 1 aliphatic heterocycles. The van der Waals surface area contributed by atoms with Crippen molar-refractivity contribution in [3.05, 3.63) is 59.7 Å². The summed E-state index contributed by atoms with van der Waals surface area (Å²) in [6.07, 6.45) is 2.91. The molecule has 1 fully saturated rings. The van der Waals surface area contributed by atoms with E-state index in [4.69, 9.17) is 0 Å². The first-order valence-electron chi connectivity index (χ1n) is 8.03. The Morgan fingerprint density at radius 1 is 1.04 bits per heavy atom. The molecule has 0 spiro atoms. The van der Waals surface area contributed by atoms with Gasteiger partial charge in [-0.05, 0) is 49.1 Å². The molecule has 2 aromatic carbocycles. The number of nitrogens with zero attached hydrogens (tertiary/aromatic N) is 1. The van der Waals surface area contributed by atoms with Gasteiger partial charge in [0.05, 0.1) is 0 Å². The van der Waals surface area contributed by atoms with Gasteiger partial charge in [-0.1, -0.05) is 24.3 Å². The molecule has 0 radical (unpaired) electrons. The number of rotatable bonds is 3. The second kappa shape index (κ2) is 5.54. The fourth-order valence-electron chi connectivity index (χ4n) is 3.03. The minimum Gasteiger partial charge on any atom is -0.322 e. The summed E-state index contributed by atoms with van der Waals surface area (Å²) >= 11 is 0. The van der Waals surface area contributed by atoms with Crippen LogP contribution >= 0.6 is 0 Å². The summed E-state index contributed by atoms with van der Waals surface area (Å²) in [5.74, 6) is 0.308. The SMILES string of the molecule is O=C(Nc1ccc2c(c1)N(C(=O)C1CC1)CC2)c1ccccc1. The van der Waals surface area contributed by atoms with Crippen LogP contribution < -0.4 is 10.2 Å². The standard InChI is InChI=1S/C19H18N2O2/c22-18(14-4-2-1-3-5-14)20-16-9-8-13-10-11-21(17(13)12-16)19(23)15-6-7-15/h1-5,8-9,12,15H,6-7,10-11H2,(H,20,22). The summed E-state index contributed by atoms with van der Waals surface area (Å²) in [4.78, 5) is 26.5. The Hall–Kier alpha value is -2.62. The van der Waals surface area contributed by atoms with Crippen LogP contribution in [0.5, 0.6) is 0 Å². The number of fused-ring (bicyclic) bond motifs is 1. The number of hydrogen-bond donors (Lipinski definition) is 1. The molecule has 4 nitrogen and oxygen atoms in total. The van der Waals surface area contributed by atoms with Gasteiger partial charge < -0.3 is 10.2 Å². The van der Waals surface area contributed by atoms with E-state index in [0.717, 1.165) is 37.2 Å². The molecule has 0 unspecified atom stereocenters. The summed E-state index contributed by atoms with van der Waals surface area (Å²) in [5, 5.41) is 2.92. The minimum atomic E-state index is -0.136. The lowest BCUT2D eigenvalue weighted by molar-refractivity contribution is -0.119. The number of carbonyl (C=O) groups is 2. The maximum atomic E-state index is 12.4. The quantitative estimate of drug-likeness (QED) is 0.946. The van der Waals surface area contributed by atoms with Gasteiger partial charge in [0.1, 0.15) is 0 Å². The Morgan fingerprint density at radius 3 is 2.57 bits per heavy atom. The number of nitrogens with one attached hydrogen (secondary N) is 1. The highest BCUT2D eigenvalue weighted by atomic mass is 16.2. The van der Waals surface area contributed by atoms with Gasteiger partial charge in [-0.15, -0.1) is 0 Å². The van der Waals surface area contributed by atoms with E-state index in [1.54, 1.807) is 12.1 Å². The third kappa shape index (κ3) is 2.72. The smallest absolute Gasteiger partial charge is 0.255 e. The minimum absolute atomic E-state index is 0.136. The third-order valence-electron chi connectivity index (χ3n) is 4.47. The van der Waals surface area contributed by atoms with Gasteiger partial charge in [-0.25, -0.2) is 0 Å². The maximum Gasteiger partial charge on any atom is 0.255 e. The topological polar surface area (TPSA) is 49.4 Å². The first-order chi connectivity index (χ1) is 11.2. The second-order valence-electron chi connectivity index (χ2n) is 6.18. The van der Waals surface area contributed by atoms with Crippen LogP contribution in [0, 0.1) is 5.92 Å². The second-order valence-corrected chi connectivity index (χ2v) is 6.18. The van der Waals surface area contributed by atoms with Gasteiger partial charge in [-0.2, -0.15) is 0 Å². The third-order valence-corrected chi connectivity index (χ3v) is 4.47. The van der Waals surface area contributed by atoms with E-state index in [0.29, 0.717) is 5.56 Å². The molecule has 0 saturated heterocycles. The van der Waals surface area contributed by atoms with Gasteiger partial charge in [0.25, 0.3) is 5.91 Å². The van der Waals surface area contributed by atoms with Crippen LogP contribution in [0.2, 0.25) is 0 Å². The molecule has 2 aromatic rings. The van der Waals surface area contributed by atoms with Crippen LogP contribution in [-0.2, 0) is 11.2 Å². The van der Waals surface area contributed by atoms with E-state index < -0.39 is 0 Å². The van der Waals surface area contributed by atoms with E-state index >= 15 is 0 Å². The number of benzene rings is 2. The van der Waals surface area contributed by atoms with Crippen molar-refractivity contribution < 1.29 is 9.59 Å². The predicted molar refractivity (Wildman–Crippen MR) is 89.6 cm³/mol. The molecule has 2 aliphatic rings. The molecule has 1 heterocycles. The van der Waals surface area contributed by atoms with Crippen LogP contribution in [-0.4, -0.2) is 18.4 Å². The van der Waals surface area contributed by atoms with Crippen molar-refractivity contribution >= 4 is 23.2 Å². The molecular formula is C19H18N2O2. The average molecular weight is 306 g/mol. The van der Waals surface area contributed by atoms with Crippen molar-refractivity contribution in [2.24, 2.45) is 5.92 Å². The highest BCUT2D eigenvalue weighted by Gasteiger charge is 2.36. The lowest BCUT2D eigenvalue weighted by atomic mass is 10.1. The van der Waals surface area contributed by atoms with E-state index in [1.165, 1.54) is 5.56 Å². The molecule has 1 N–H and O–H groups in total. The molecule has 0 bridgehead atoms. The monoisotopic (exact) mass is 306 g/mol. The highest BCUT2D eigenvalue weighted by molar-refractivity contribution is 6.05. The van der Waals surface area contributed by atoms with Gasteiger partial charge in [-0.3, -0.25) is 9.59 Å². The van der Waals surface area contributed by atoms with Crippen LogP contribution in [0.4, 0.5) is 11.4 Å². The zero-order valence-corrected chi connectivity index (χ0v) is 12.8. The number of amides is 2. The van der Waals surface area contributed by atoms with E-state index in [9.17, 15) is 9.59 Å². The lowest BCUT2D eigenvalue weighted by Gasteiger charge is -2.18. The first kappa shape index (κ1) is 14.0. The van der Waals surface area contributed by atoms with Crippen LogP contribution in [0.3, 0.4) is 0 Å². The average Bonchev–Trinajstić information content (AvgIpc) is 3.35. The summed E-state index contributed by atoms with van der Waals surface area (Å²) in [6, 6.07) is 15.0. The molecule has 2 amide bonds. The van der Waals surface area contributed by atoms with E-state index in [1.807, 2.05) is 41.3 Å². The Labute approximate surface area is 135 Å². The number of anilines is 2. The zero-order valence-electron chi connectivity index (χ0n) is 12.8. The van der Waals surface area contributed by atoms with Gasteiger partial charge in [0.2, 0.25) is 5.91 Å². The number of hydrogen-bond acceptors (Lipinski definition) is 2. The van der Waals surface area contributed by atoms with Crippen LogP contribution in [0.1, 0.15) is 28.8 Å². The molecule has 0 atom stereocenters. The van der Waals surface area contributed by atoms with Crippen molar-refractivity contribution in [1.82, 2.24) is 0 Å². The Balaban J connectivity index is 1.56. The predicted octanol–water partition coefficient (Wildman–Crippen LogP) is 3.24. The molecule has 23 heavy (non-hydrogen) atoms. The lowest BCUT2D eigenvalue weighted by Crippen LogP contribution is -2.30. The normalized spacial score (nSPS) is 16.1. The Morgan fingerprint density at radius 2 is 1.83 bits per heavy atom. The maximum absolute atomic E-state index is 12.4. The van der Waals surface area contributed by atoms with Gasteiger partial charge in [0, 0.05) is 29.4 Å². The van der Waals surface area contributed by atoms with Gasteiger partial charge >= 0.3 is 0 Å². The molecule has 1 aliphatic carbocycles.